The number of piperidine rings is 1. The number of sulfonamides is 1. The van der Waals surface area contributed by atoms with Crippen molar-refractivity contribution in [1.82, 2.24) is 4.72 Å². The first kappa shape index (κ1) is 16.7. The number of nitriles is 1. The lowest BCUT2D eigenvalue weighted by molar-refractivity contribution is 0.461. The Labute approximate surface area is 130 Å². The topological polar surface area (TPSA) is 73.2 Å². The van der Waals surface area contributed by atoms with Gasteiger partial charge in [0.15, 0.2) is 0 Å². The van der Waals surface area contributed by atoms with Crippen LogP contribution in [0.2, 0.25) is 0 Å². The van der Waals surface area contributed by atoms with Crippen LogP contribution in [-0.4, -0.2) is 33.3 Å². The summed E-state index contributed by atoms with van der Waals surface area (Å²) in [7, 11) is -3.27. The molecule has 1 fully saturated rings. The van der Waals surface area contributed by atoms with E-state index in [1.165, 1.54) is 6.07 Å². The summed E-state index contributed by atoms with van der Waals surface area (Å²) in [4.78, 5) is 1.83. The SMILES string of the molecule is CCCS(=O)(=O)N[C@@H]1CCCN(c2ccc(C#N)cc2F)C1. The second-order valence-corrected chi connectivity index (χ2v) is 7.37. The van der Waals surface area contributed by atoms with Gasteiger partial charge in [-0.2, -0.15) is 5.26 Å². The molecule has 1 heterocycles. The Bertz CT molecular complexity index is 670. The third-order valence-electron chi connectivity index (χ3n) is 3.66. The maximum Gasteiger partial charge on any atom is 0.211 e. The van der Waals surface area contributed by atoms with Crippen molar-refractivity contribution in [1.29, 1.82) is 5.26 Å². The molecule has 22 heavy (non-hydrogen) atoms. The molecule has 1 aromatic rings. The average molecular weight is 325 g/mol. The first-order valence-electron chi connectivity index (χ1n) is 7.40. The van der Waals surface area contributed by atoms with Crippen molar-refractivity contribution in [3.63, 3.8) is 0 Å². The molecule has 1 N–H and O–H groups in total. The van der Waals surface area contributed by atoms with Crippen molar-refractivity contribution in [3.05, 3.63) is 29.6 Å². The number of nitrogens with one attached hydrogen (secondary N) is 1. The minimum absolute atomic E-state index is 0.106. The average Bonchev–Trinajstić information content (AvgIpc) is 2.46. The number of halogens is 1. The van der Waals surface area contributed by atoms with E-state index in [1.54, 1.807) is 12.1 Å². The van der Waals surface area contributed by atoms with Crippen LogP contribution in [0.1, 0.15) is 31.7 Å². The highest BCUT2D eigenvalue weighted by Gasteiger charge is 2.25. The van der Waals surface area contributed by atoms with Gasteiger partial charge in [0.2, 0.25) is 10.0 Å². The van der Waals surface area contributed by atoms with Gasteiger partial charge in [0, 0.05) is 19.1 Å². The predicted molar refractivity (Wildman–Crippen MR) is 83.6 cm³/mol. The largest absolute Gasteiger partial charge is 0.368 e. The molecule has 0 radical (unpaired) electrons. The molecule has 1 atom stereocenters. The van der Waals surface area contributed by atoms with Crippen LogP contribution in [-0.2, 0) is 10.0 Å². The first-order chi connectivity index (χ1) is 10.4. The lowest BCUT2D eigenvalue weighted by Gasteiger charge is -2.34. The summed E-state index contributed by atoms with van der Waals surface area (Å²) in [6.07, 6.45) is 2.10. The lowest BCUT2D eigenvalue weighted by atomic mass is 10.1. The molecule has 0 amide bonds. The van der Waals surface area contributed by atoms with Gasteiger partial charge in [0.1, 0.15) is 5.82 Å². The van der Waals surface area contributed by atoms with Gasteiger partial charge < -0.3 is 4.90 Å². The van der Waals surface area contributed by atoms with Crippen LogP contribution in [0.5, 0.6) is 0 Å². The van der Waals surface area contributed by atoms with Crippen molar-refractivity contribution < 1.29 is 12.8 Å². The van der Waals surface area contributed by atoms with Crippen LogP contribution in [0.25, 0.3) is 0 Å². The summed E-state index contributed by atoms with van der Waals surface area (Å²) < 4.78 is 40.5. The molecule has 0 unspecified atom stereocenters. The number of benzene rings is 1. The highest BCUT2D eigenvalue weighted by atomic mass is 32.2. The third kappa shape index (κ3) is 4.18. The van der Waals surface area contributed by atoms with Crippen molar-refractivity contribution in [3.8, 4) is 6.07 Å². The molecule has 0 aromatic heterocycles. The number of anilines is 1. The van der Waals surface area contributed by atoms with Gasteiger partial charge in [0.25, 0.3) is 0 Å². The van der Waals surface area contributed by atoms with Gasteiger partial charge in [0.05, 0.1) is 23.1 Å². The smallest absolute Gasteiger partial charge is 0.211 e. The highest BCUT2D eigenvalue weighted by Crippen LogP contribution is 2.24. The fraction of sp³-hybridized carbons (Fsp3) is 0.533. The summed E-state index contributed by atoms with van der Waals surface area (Å²) in [5.41, 5.74) is 0.692. The van der Waals surface area contributed by atoms with E-state index in [0.29, 0.717) is 25.2 Å². The molecule has 120 valence electrons. The van der Waals surface area contributed by atoms with E-state index in [-0.39, 0.29) is 17.4 Å². The summed E-state index contributed by atoms with van der Waals surface area (Å²) in [6, 6.07) is 6.06. The molecule has 7 heteroatoms. The van der Waals surface area contributed by atoms with E-state index in [9.17, 15) is 12.8 Å². The Balaban J connectivity index is 2.09. The Morgan fingerprint density at radius 2 is 2.27 bits per heavy atom. The molecule has 0 bridgehead atoms. The van der Waals surface area contributed by atoms with E-state index < -0.39 is 15.8 Å². The van der Waals surface area contributed by atoms with Crippen LogP contribution in [0.4, 0.5) is 10.1 Å². The van der Waals surface area contributed by atoms with Crippen molar-refractivity contribution in [2.24, 2.45) is 0 Å². The Hall–Kier alpha value is -1.65. The lowest BCUT2D eigenvalue weighted by Crippen LogP contribution is -2.48. The monoisotopic (exact) mass is 325 g/mol. The molecule has 1 aromatic carbocycles. The minimum atomic E-state index is -3.27. The quantitative estimate of drug-likeness (QED) is 0.898. The van der Waals surface area contributed by atoms with Crippen LogP contribution in [0, 0.1) is 17.1 Å². The standard InChI is InChI=1S/C15H20FN3O2S/c1-2-8-22(20,21)18-13-4-3-7-19(11-13)15-6-5-12(10-17)9-14(15)16/h5-6,9,13,18H,2-4,7-8,11H2,1H3/t13-/m1/s1. The van der Waals surface area contributed by atoms with Gasteiger partial charge in [-0.15, -0.1) is 0 Å². The highest BCUT2D eigenvalue weighted by molar-refractivity contribution is 7.89. The molecule has 0 aliphatic carbocycles. The summed E-state index contributed by atoms with van der Waals surface area (Å²) in [5.74, 6) is -0.342. The van der Waals surface area contributed by atoms with Gasteiger partial charge in [-0.25, -0.2) is 17.5 Å². The van der Waals surface area contributed by atoms with Gasteiger partial charge in [-0.1, -0.05) is 6.92 Å². The molecule has 1 saturated heterocycles. The first-order valence-corrected chi connectivity index (χ1v) is 9.05. The zero-order valence-corrected chi connectivity index (χ0v) is 13.4. The van der Waals surface area contributed by atoms with Crippen LogP contribution in [0.3, 0.4) is 0 Å². The van der Waals surface area contributed by atoms with Crippen molar-refractivity contribution in [2.45, 2.75) is 32.2 Å². The molecular weight excluding hydrogens is 305 g/mol. The van der Waals surface area contributed by atoms with Gasteiger partial charge in [-0.05, 0) is 37.5 Å². The molecule has 5 nitrogen and oxygen atoms in total. The van der Waals surface area contributed by atoms with E-state index in [1.807, 2.05) is 17.9 Å². The molecule has 1 aliphatic heterocycles. The molecular formula is C15H20FN3O2S. The minimum Gasteiger partial charge on any atom is -0.368 e. The zero-order chi connectivity index (χ0) is 16.2. The molecule has 1 aliphatic rings. The number of hydrogen-bond acceptors (Lipinski definition) is 4. The normalized spacial score (nSPS) is 19.0. The van der Waals surface area contributed by atoms with E-state index in [0.717, 1.165) is 12.8 Å². The second kappa shape index (κ2) is 7.07. The summed E-state index contributed by atoms with van der Waals surface area (Å²) >= 11 is 0. The second-order valence-electron chi connectivity index (χ2n) is 5.50. The maximum atomic E-state index is 14.1. The Morgan fingerprint density at radius 3 is 2.91 bits per heavy atom. The van der Waals surface area contributed by atoms with Gasteiger partial charge >= 0.3 is 0 Å². The molecule has 0 spiro atoms. The van der Waals surface area contributed by atoms with Crippen LogP contribution in [0.15, 0.2) is 18.2 Å². The Morgan fingerprint density at radius 1 is 1.50 bits per heavy atom. The maximum absolute atomic E-state index is 14.1. The predicted octanol–water partition coefficient (Wildman–Crippen LogP) is 2.00. The summed E-state index contributed by atoms with van der Waals surface area (Å²) in [6.45, 7) is 2.93. The molecule has 2 rings (SSSR count). The van der Waals surface area contributed by atoms with E-state index in [2.05, 4.69) is 4.72 Å². The fourth-order valence-corrected chi connectivity index (χ4v) is 4.06. The van der Waals surface area contributed by atoms with Gasteiger partial charge in [-0.3, -0.25) is 0 Å². The molecule has 0 saturated carbocycles. The summed E-state index contributed by atoms with van der Waals surface area (Å²) in [5, 5.41) is 8.78. The van der Waals surface area contributed by atoms with E-state index in [4.69, 9.17) is 5.26 Å². The van der Waals surface area contributed by atoms with Crippen molar-refractivity contribution >= 4 is 15.7 Å². The van der Waals surface area contributed by atoms with Crippen LogP contribution >= 0.6 is 0 Å². The number of rotatable bonds is 5. The van der Waals surface area contributed by atoms with Crippen LogP contribution < -0.4 is 9.62 Å². The number of hydrogen-bond donors (Lipinski definition) is 1. The number of nitrogens with zero attached hydrogens (tertiary/aromatic N) is 2. The third-order valence-corrected chi connectivity index (χ3v) is 5.30. The zero-order valence-electron chi connectivity index (χ0n) is 12.5. The Kier molecular flexibility index (Phi) is 5.37. The van der Waals surface area contributed by atoms with Crippen molar-refractivity contribution in [2.75, 3.05) is 23.7 Å². The van der Waals surface area contributed by atoms with E-state index >= 15 is 0 Å². The fourth-order valence-electron chi connectivity index (χ4n) is 2.71.